The van der Waals surface area contributed by atoms with Gasteiger partial charge in [0.25, 0.3) is 5.91 Å². The maximum atomic E-state index is 13.1. The molecule has 0 saturated carbocycles. The van der Waals surface area contributed by atoms with Crippen molar-refractivity contribution in [3.05, 3.63) is 58.1 Å². The number of anilines is 1. The molecule has 1 fully saturated rings. The highest BCUT2D eigenvalue weighted by Gasteiger charge is 2.40. The van der Waals surface area contributed by atoms with Crippen molar-refractivity contribution in [3.8, 4) is 5.75 Å². The van der Waals surface area contributed by atoms with Crippen molar-refractivity contribution in [1.82, 2.24) is 10.4 Å². The van der Waals surface area contributed by atoms with Crippen LogP contribution in [0.3, 0.4) is 0 Å². The second-order valence-corrected chi connectivity index (χ2v) is 8.76. The van der Waals surface area contributed by atoms with Crippen molar-refractivity contribution in [2.45, 2.75) is 32.2 Å². The molecule has 164 valence electrons. The van der Waals surface area contributed by atoms with Gasteiger partial charge in [-0.2, -0.15) is 5.10 Å². The summed E-state index contributed by atoms with van der Waals surface area (Å²) in [6.45, 7) is 3.75. The Morgan fingerprint density at radius 3 is 2.45 bits per heavy atom. The lowest BCUT2D eigenvalue weighted by Crippen LogP contribution is -2.48. The molecule has 2 aromatic carbocycles. The van der Waals surface area contributed by atoms with Gasteiger partial charge in [-0.1, -0.05) is 48.7 Å². The number of nitrogens with one attached hydrogen (secondary N) is 1. The molecule has 1 amide bonds. The maximum absolute atomic E-state index is 13.1. The molecule has 2 aliphatic heterocycles. The van der Waals surface area contributed by atoms with E-state index in [0.717, 1.165) is 37.2 Å². The van der Waals surface area contributed by atoms with Gasteiger partial charge in [-0.3, -0.25) is 15.2 Å². The second-order valence-electron chi connectivity index (χ2n) is 7.92. The van der Waals surface area contributed by atoms with E-state index in [0.29, 0.717) is 21.4 Å². The van der Waals surface area contributed by atoms with Crippen molar-refractivity contribution in [2.24, 2.45) is 11.0 Å². The Kier molecular flexibility index (Phi) is 6.70. The Morgan fingerprint density at radius 2 is 1.81 bits per heavy atom. The van der Waals surface area contributed by atoms with Gasteiger partial charge in [0.2, 0.25) is 0 Å². The van der Waals surface area contributed by atoms with E-state index >= 15 is 0 Å². The van der Waals surface area contributed by atoms with Crippen LogP contribution < -0.4 is 15.2 Å². The van der Waals surface area contributed by atoms with E-state index in [2.05, 4.69) is 5.43 Å². The highest BCUT2D eigenvalue weighted by Crippen LogP contribution is 2.42. The fraction of sp³-hybridized carbons (Fsp3) is 0.391. The summed E-state index contributed by atoms with van der Waals surface area (Å²) in [5.74, 6) is 0.458. The minimum absolute atomic E-state index is 0.148. The van der Waals surface area contributed by atoms with Gasteiger partial charge in [-0.15, -0.1) is 0 Å². The van der Waals surface area contributed by atoms with E-state index in [1.165, 1.54) is 6.42 Å². The number of amides is 1. The number of carbonyl (C=O) groups is 1. The fourth-order valence-corrected chi connectivity index (χ4v) is 4.69. The Balaban J connectivity index is 1.67. The molecule has 6 nitrogen and oxygen atoms in total. The molecule has 0 aliphatic carbocycles. The summed E-state index contributed by atoms with van der Waals surface area (Å²) in [5.41, 5.74) is 5.25. The molecule has 2 aliphatic rings. The number of nitrogens with zero attached hydrogens (tertiary/aromatic N) is 3. The number of carbonyl (C=O) groups excluding carboxylic acids is 1. The summed E-state index contributed by atoms with van der Waals surface area (Å²) < 4.78 is 5.30. The zero-order chi connectivity index (χ0) is 22.0. The first-order valence-electron chi connectivity index (χ1n) is 10.5. The molecule has 0 bridgehead atoms. The molecule has 1 saturated heterocycles. The SMILES string of the molecule is COc1ccc([C@H]2[C@@H](C)C(C(=O)NN3CCCCC3)=NN2c2ccc(Cl)cc2Cl)cc1. The molecule has 2 heterocycles. The van der Waals surface area contributed by atoms with E-state index in [1.54, 1.807) is 19.2 Å². The van der Waals surface area contributed by atoms with Crippen LogP contribution in [-0.4, -0.2) is 36.8 Å². The Hall–Kier alpha value is -2.28. The third-order valence-electron chi connectivity index (χ3n) is 5.85. The molecule has 4 rings (SSSR count). The number of rotatable bonds is 5. The lowest BCUT2D eigenvalue weighted by Gasteiger charge is -2.28. The first-order chi connectivity index (χ1) is 15.0. The van der Waals surface area contributed by atoms with Crippen LogP contribution >= 0.6 is 23.2 Å². The standard InChI is InChI=1S/C23H26Cl2N4O2/c1-15-21(23(30)27-28-12-4-3-5-13-28)26-29(20-11-8-17(24)14-19(20)25)22(15)16-6-9-18(31-2)10-7-16/h6-11,14-15,22H,3-5,12-13H2,1-2H3,(H,27,30)/t15-,22+/m0/s1. The Morgan fingerprint density at radius 1 is 1.10 bits per heavy atom. The first kappa shape index (κ1) is 21.9. The normalized spacial score (nSPS) is 21.7. The van der Waals surface area contributed by atoms with Gasteiger partial charge in [0, 0.05) is 24.0 Å². The molecule has 0 unspecified atom stereocenters. The van der Waals surface area contributed by atoms with Crippen LogP contribution in [0, 0.1) is 5.92 Å². The highest BCUT2D eigenvalue weighted by atomic mass is 35.5. The van der Waals surface area contributed by atoms with Gasteiger partial charge in [-0.05, 0) is 48.7 Å². The van der Waals surface area contributed by atoms with E-state index in [9.17, 15) is 4.79 Å². The molecule has 31 heavy (non-hydrogen) atoms. The molecule has 0 radical (unpaired) electrons. The number of piperidine rings is 1. The van der Waals surface area contributed by atoms with E-state index in [1.807, 2.05) is 47.3 Å². The summed E-state index contributed by atoms with van der Waals surface area (Å²) in [6, 6.07) is 12.9. The third kappa shape index (κ3) is 4.66. The predicted molar refractivity (Wildman–Crippen MR) is 125 cm³/mol. The number of hydrogen-bond donors (Lipinski definition) is 1. The van der Waals surface area contributed by atoms with Crippen molar-refractivity contribution in [3.63, 3.8) is 0 Å². The molecular formula is C23H26Cl2N4O2. The Bertz CT molecular complexity index is 974. The predicted octanol–water partition coefficient (Wildman–Crippen LogP) is 5.07. The van der Waals surface area contributed by atoms with Gasteiger partial charge in [0.15, 0.2) is 0 Å². The summed E-state index contributed by atoms with van der Waals surface area (Å²) in [5, 5.41) is 9.60. The summed E-state index contributed by atoms with van der Waals surface area (Å²) in [7, 11) is 1.64. The van der Waals surface area contributed by atoms with Gasteiger partial charge >= 0.3 is 0 Å². The van der Waals surface area contributed by atoms with Gasteiger partial charge in [0.1, 0.15) is 11.5 Å². The largest absolute Gasteiger partial charge is 0.497 e. The van der Waals surface area contributed by atoms with E-state index in [4.69, 9.17) is 33.0 Å². The average Bonchev–Trinajstić information content (AvgIpc) is 3.11. The quantitative estimate of drug-likeness (QED) is 0.676. The first-order valence-corrected chi connectivity index (χ1v) is 11.3. The van der Waals surface area contributed by atoms with Gasteiger partial charge < -0.3 is 4.74 Å². The molecule has 1 N–H and O–H groups in total. The third-order valence-corrected chi connectivity index (χ3v) is 6.38. The van der Waals surface area contributed by atoms with Crippen molar-refractivity contribution < 1.29 is 9.53 Å². The number of methoxy groups -OCH3 is 1. The topological polar surface area (TPSA) is 57.2 Å². The number of benzene rings is 2. The van der Waals surface area contributed by atoms with Crippen LogP contribution in [0.25, 0.3) is 0 Å². The summed E-state index contributed by atoms with van der Waals surface area (Å²) >= 11 is 12.6. The average molecular weight is 461 g/mol. The number of hydrazine groups is 1. The maximum Gasteiger partial charge on any atom is 0.282 e. The molecule has 2 atom stereocenters. The summed E-state index contributed by atoms with van der Waals surface area (Å²) in [6.07, 6.45) is 3.37. The van der Waals surface area contributed by atoms with E-state index in [-0.39, 0.29) is 17.9 Å². The van der Waals surface area contributed by atoms with Crippen LogP contribution in [0.15, 0.2) is 47.6 Å². The highest BCUT2D eigenvalue weighted by molar-refractivity contribution is 6.41. The molecule has 0 aromatic heterocycles. The number of ether oxygens (including phenoxy) is 1. The fourth-order valence-electron chi connectivity index (χ4n) is 4.19. The molecule has 0 spiro atoms. The smallest absolute Gasteiger partial charge is 0.282 e. The van der Waals surface area contributed by atoms with Gasteiger partial charge in [0.05, 0.1) is 23.9 Å². The zero-order valence-corrected chi connectivity index (χ0v) is 19.2. The number of halogens is 2. The minimum Gasteiger partial charge on any atom is -0.497 e. The number of hydrogen-bond acceptors (Lipinski definition) is 5. The van der Waals surface area contributed by atoms with Crippen molar-refractivity contribution in [1.29, 1.82) is 0 Å². The van der Waals surface area contributed by atoms with Crippen LogP contribution in [0.4, 0.5) is 5.69 Å². The minimum atomic E-state index is -0.188. The van der Waals surface area contributed by atoms with Crippen LogP contribution in [0.1, 0.15) is 37.8 Å². The van der Waals surface area contributed by atoms with Crippen LogP contribution in [-0.2, 0) is 4.79 Å². The number of hydrazone groups is 1. The van der Waals surface area contributed by atoms with Crippen LogP contribution in [0.2, 0.25) is 10.0 Å². The lowest BCUT2D eigenvalue weighted by molar-refractivity contribution is -0.120. The van der Waals surface area contributed by atoms with E-state index < -0.39 is 0 Å². The summed E-state index contributed by atoms with van der Waals surface area (Å²) in [4.78, 5) is 13.1. The second kappa shape index (κ2) is 9.47. The van der Waals surface area contributed by atoms with Gasteiger partial charge in [-0.25, -0.2) is 5.01 Å². The Labute approximate surface area is 192 Å². The molecule has 8 heteroatoms. The lowest BCUT2D eigenvalue weighted by atomic mass is 9.91. The monoisotopic (exact) mass is 460 g/mol. The zero-order valence-electron chi connectivity index (χ0n) is 17.6. The van der Waals surface area contributed by atoms with Crippen LogP contribution in [0.5, 0.6) is 5.75 Å². The van der Waals surface area contributed by atoms with Crippen molar-refractivity contribution >= 4 is 40.5 Å². The molecular weight excluding hydrogens is 435 g/mol. The molecule has 2 aromatic rings. The van der Waals surface area contributed by atoms with Crippen molar-refractivity contribution in [2.75, 3.05) is 25.2 Å².